The van der Waals surface area contributed by atoms with Crippen LogP contribution in [-0.4, -0.2) is 90.3 Å². The lowest BCUT2D eigenvalue weighted by atomic mass is 9.86. The lowest BCUT2D eigenvalue weighted by Gasteiger charge is -2.57. The number of amidine groups is 1. The zero-order valence-corrected chi connectivity index (χ0v) is 20.6. The number of ether oxygens (including phenoxy) is 2. The Kier molecular flexibility index (Phi) is 8.37. The zero-order chi connectivity index (χ0) is 24.8. The lowest BCUT2D eigenvalue weighted by molar-refractivity contribution is -0.0543. The van der Waals surface area contributed by atoms with Gasteiger partial charge in [-0.2, -0.15) is 0 Å². The highest BCUT2D eigenvalue weighted by Gasteiger charge is 2.45. The molecule has 4 aliphatic heterocycles. The van der Waals surface area contributed by atoms with Gasteiger partial charge in [-0.25, -0.2) is 19.8 Å². The maximum atomic E-state index is 14.4. The number of hydrogen-bond donors (Lipinski definition) is 2. The number of morpholine rings is 1. The highest BCUT2D eigenvalue weighted by atomic mass is 19.1. The molecule has 190 valence electrons. The van der Waals surface area contributed by atoms with Crippen molar-refractivity contribution in [3.8, 4) is 5.88 Å². The number of rotatable bonds is 10. The summed E-state index contributed by atoms with van der Waals surface area (Å²) in [5.74, 6) is 0.412. The minimum Gasteiger partial charge on any atom is -0.481 e. The fourth-order valence-corrected chi connectivity index (χ4v) is 4.83. The molecule has 5 rings (SSSR count). The van der Waals surface area contributed by atoms with Gasteiger partial charge in [-0.3, -0.25) is 4.90 Å². The maximum Gasteiger partial charge on any atom is 0.212 e. The van der Waals surface area contributed by atoms with E-state index >= 15 is 0 Å². The molecule has 0 saturated carbocycles. The molecule has 1 aromatic rings. The van der Waals surface area contributed by atoms with Crippen LogP contribution in [0.1, 0.15) is 18.9 Å². The van der Waals surface area contributed by atoms with Gasteiger partial charge < -0.3 is 24.7 Å². The molecule has 9 nitrogen and oxygen atoms in total. The van der Waals surface area contributed by atoms with E-state index in [2.05, 4.69) is 43.8 Å². The number of hydrogen-bond acceptors (Lipinski definition) is 8. The normalized spacial score (nSPS) is 24.0. The third-order valence-electron chi connectivity index (χ3n) is 6.67. The van der Waals surface area contributed by atoms with E-state index in [4.69, 9.17) is 9.47 Å². The molecule has 0 aromatic carbocycles. The van der Waals surface area contributed by atoms with Crippen LogP contribution in [0, 0.1) is 0 Å². The van der Waals surface area contributed by atoms with Gasteiger partial charge in [-0.1, -0.05) is 19.2 Å². The van der Waals surface area contributed by atoms with Crippen molar-refractivity contribution >= 4 is 5.84 Å². The lowest BCUT2D eigenvalue weighted by Crippen LogP contribution is -2.69. The van der Waals surface area contributed by atoms with Crippen LogP contribution in [0.15, 0.2) is 60.3 Å². The number of pyridine rings is 1. The number of fused-ring (bicyclic) bond motifs is 2. The number of nitrogens with zero attached hydrogens (tertiary/aromatic N) is 5. The Morgan fingerprint density at radius 2 is 2.06 bits per heavy atom. The van der Waals surface area contributed by atoms with Crippen LogP contribution in [0.2, 0.25) is 0 Å². The first-order valence-electron chi connectivity index (χ1n) is 12.1. The summed E-state index contributed by atoms with van der Waals surface area (Å²) in [4.78, 5) is 15.5. The van der Waals surface area contributed by atoms with Crippen molar-refractivity contribution in [3.63, 3.8) is 0 Å². The quantitative estimate of drug-likeness (QED) is 0.226. The first-order valence-corrected chi connectivity index (χ1v) is 12.1. The van der Waals surface area contributed by atoms with Crippen molar-refractivity contribution < 1.29 is 13.9 Å². The van der Waals surface area contributed by atoms with Crippen molar-refractivity contribution in [2.75, 3.05) is 46.5 Å². The topological polar surface area (TPSA) is 77.5 Å². The number of aromatic nitrogens is 1. The van der Waals surface area contributed by atoms with E-state index in [1.165, 1.54) is 0 Å². The summed E-state index contributed by atoms with van der Waals surface area (Å²) < 4.78 is 25.0. The van der Waals surface area contributed by atoms with Crippen molar-refractivity contribution in [1.82, 2.24) is 30.5 Å². The summed E-state index contributed by atoms with van der Waals surface area (Å²) in [6.45, 7) is 14.6. The number of hydrazine groups is 1. The highest BCUT2D eigenvalue weighted by Crippen LogP contribution is 2.34. The van der Waals surface area contributed by atoms with Gasteiger partial charge in [0.25, 0.3) is 0 Å². The molecule has 5 heterocycles. The fraction of sp³-hybridized carbons (Fsp3) is 0.520. The van der Waals surface area contributed by atoms with E-state index in [9.17, 15) is 4.39 Å². The number of aliphatic imine (C=N–C) groups is 1. The Morgan fingerprint density at radius 1 is 1.31 bits per heavy atom. The van der Waals surface area contributed by atoms with Crippen LogP contribution in [0.5, 0.6) is 5.88 Å². The van der Waals surface area contributed by atoms with E-state index in [1.807, 2.05) is 36.4 Å². The van der Waals surface area contributed by atoms with Gasteiger partial charge in [0.15, 0.2) is 11.7 Å². The van der Waals surface area contributed by atoms with E-state index in [-0.39, 0.29) is 6.17 Å². The molecular weight excluding hydrogens is 449 g/mol. The summed E-state index contributed by atoms with van der Waals surface area (Å²) >= 11 is 0. The van der Waals surface area contributed by atoms with Crippen LogP contribution < -0.4 is 15.6 Å². The molecule has 35 heavy (non-hydrogen) atoms. The van der Waals surface area contributed by atoms with Crippen molar-refractivity contribution in [1.29, 1.82) is 0 Å². The second kappa shape index (κ2) is 11.7. The molecule has 3 atom stereocenters. The first-order chi connectivity index (χ1) is 17.0. The number of halogens is 1. The van der Waals surface area contributed by atoms with Gasteiger partial charge >= 0.3 is 0 Å². The Labute approximate surface area is 207 Å². The molecule has 4 saturated heterocycles. The molecule has 0 amide bonds. The minimum absolute atomic E-state index is 0.313. The predicted octanol–water partition coefficient (Wildman–Crippen LogP) is 2.03. The Balaban J connectivity index is 1.31. The average molecular weight is 486 g/mol. The molecule has 2 bridgehead atoms. The molecular formula is C25H36FN7O2. The minimum atomic E-state index is -0.513. The number of nitrogens with one attached hydrogen (secondary N) is 2. The molecule has 4 aliphatic rings. The summed E-state index contributed by atoms with van der Waals surface area (Å²) in [5, 5.41) is 0. The molecule has 4 fully saturated rings. The van der Waals surface area contributed by atoms with Crippen molar-refractivity contribution in [2.45, 2.75) is 38.1 Å². The zero-order valence-electron chi connectivity index (χ0n) is 20.6. The van der Waals surface area contributed by atoms with Crippen LogP contribution in [0.3, 0.4) is 0 Å². The average Bonchev–Trinajstić information content (AvgIpc) is 2.89. The van der Waals surface area contributed by atoms with Gasteiger partial charge in [0, 0.05) is 63.3 Å². The molecule has 0 radical (unpaired) electrons. The van der Waals surface area contributed by atoms with Gasteiger partial charge in [0.05, 0.1) is 26.0 Å². The molecule has 3 unspecified atom stereocenters. The predicted molar refractivity (Wildman–Crippen MR) is 134 cm³/mol. The smallest absolute Gasteiger partial charge is 0.212 e. The van der Waals surface area contributed by atoms with Crippen LogP contribution in [0.4, 0.5) is 4.39 Å². The maximum absolute atomic E-state index is 14.4. The number of piperazine rings is 1. The van der Waals surface area contributed by atoms with E-state index in [1.54, 1.807) is 13.2 Å². The van der Waals surface area contributed by atoms with Gasteiger partial charge in [-0.05, 0) is 25.0 Å². The van der Waals surface area contributed by atoms with Crippen LogP contribution in [0.25, 0.3) is 0 Å². The van der Waals surface area contributed by atoms with Gasteiger partial charge in [-0.15, -0.1) is 0 Å². The molecule has 1 aromatic heterocycles. The Hall–Kier alpha value is -2.95. The van der Waals surface area contributed by atoms with Crippen LogP contribution >= 0.6 is 0 Å². The Bertz CT molecular complexity index is 934. The third-order valence-corrected chi connectivity index (χ3v) is 6.67. The van der Waals surface area contributed by atoms with E-state index < -0.39 is 5.83 Å². The molecule has 0 aliphatic carbocycles. The second-order valence-electron chi connectivity index (χ2n) is 9.02. The first kappa shape index (κ1) is 25.2. The number of allylic oxidation sites excluding steroid dienone is 1. The van der Waals surface area contributed by atoms with E-state index in [0.717, 1.165) is 50.4 Å². The number of methoxy groups -OCH3 is 1. The Morgan fingerprint density at radius 3 is 2.66 bits per heavy atom. The third kappa shape index (κ3) is 6.19. The molecule has 0 spiro atoms. The standard InChI is InChI=1S/C25H36FN7O2/c1-5-21(31-8-10-35-11-9-31)14-28-30-19(3)29-25(18(2)26)32-16-22-12-23(17-32)33(22)15-20-6-7-24(34-4)27-13-20/h5-7,13-14,19,22-23,28,30H,1-2,8-12,15-17H2,3-4H3/b21-14+,29-25+. The van der Waals surface area contributed by atoms with Gasteiger partial charge in [0.2, 0.25) is 5.88 Å². The molecule has 10 heteroatoms. The van der Waals surface area contributed by atoms with E-state index in [0.29, 0.717) is 37.0 Å². The summed E-state index contributed by atoms with van der Waals surface area (Å²) in [6.07, 6.45) is 6.25. The fourth-order valence-electron chi connectivity index (χ4n) is 4.83. The van der Waals surface area contributed by atoms with Crippen molar-refractivity contribution in [3.05, 3.63) is 60.9 Å². The number of piperidine rings is 1. The second-order valence-corrected chi connectivity index (χ2v) is 9.02. The SMILES string of the molecule is C=C/C(=C\NNC(C)/N=C(\C(=C)F)N1CC2CC(C1)N2Cc1ccc(OC)nc1)N1CCOCC1. The monoisotopic (exact) mass is 485 g/mol. The van der Waals surface area contributed by atoms with Crippen molar-refractivity contribution in [2.24, 2.45) is 4.99 Å². The van der Waals surface area contributed by atoms with Gasteiger partial charge in [0.1, 0.15) is 6.17 Å². The summed E-state index contributed by atoms with van der Waals surface area (Å²) in [6, 6.07) is 4.63. The van der Waals surface area contributed by atoms with Crippen LogP contribution in [-0.2, 0) is 11.3 Å². The largest absolute Gasteiger partial charge is 0.481 e. The molecule has 2 N–H and O–H groups in total. The summed E-state index contributed by atoms with van der Waals surface area (Å²) in [7, 11) is 1.61. The highest BCUT2D eigenvalue weighted by molar-refractivity contribution is 5.96. The summed E-state index contributed by atoms with van der Waals surface area (Å²) in [5.41, 5.74) is 8.29.